The predicted octanol–water partition coefficient (Wildman–Crippen LogP) is 5.12. The van der Waals surface area contributed by atoms with Crippen LogP contribution in [0.25, 0.3) is 21.5 Å². The molecule has 1 amide bonds. The molecule has 3 N–H and O–H groups in total. The molecule has 152 valence electrons. The number of benzene rings is 1. The Hall–Kier alpha value is -3.37. The highest BCUT2D eigenvalue weighted by Gasteiger charge is 2.19. The number of rotatable bonds is 6. The number of non-ortho nitro benzene ring substituents is 1. The number of nitro benzene ring substituents is 1. The van der Waals surface area contributed by atoms with Crippen molar-refractivity contribution in [1.29, 1.82) is 0 Å². The van der Waals surface area contributed by atoms with E-state index in [1.54, 1.807) is 17.5 Å². The maximum atomic E-state index is 12.8. The number of nitro groups is 1. The molecule has 4 aromatic rings. The summed E-state index contributed by atoms with van der Waals surface area (Å²) in [6, 6.07) is 10.0. The third kappa shape index (κ3) is 3.87. The molecule has 4 rings (SSSR count). The van der Waals surface area contributed by atoms with Crippen molar-refractivity contribution in [2.24, 2.45) is 0 Å². The van der Waals surface area contributed by atoms with E-state index in [-0.39, 0.29) is 11.6 Å². The fourth-order valence-corrected chi connectivity index (χ4v) is 4.72. The normalized spacial score (nSPS) is 11.0. The minimum atomic E-state index is -0.456. The van der Waals surface area contributed by atoms with Gasteiger partial charge in [0.2, 0.25) is 0 Å². The van der Waals surface area contributed by atoms with E-state index >= 15 is 0 Å². The van der Waals surface area contributed by atoms with Gasteiger partial charge in [0, 0.05) is 34.2 Å². The summed E-state index contributed by atoms with van der Waals surface area (Å²) < 4.78 is 0. The number of aryl methyl sites for hydroxylation is 1. The highest BCUT2D eigenvalue weighted by atomic mass is 32.1. The van der Waals surface area contributed by atoms with Crippen LogP contribution in [0.15, 0.2) is 41.8 Å². The molecule has 0 saturated carbocycles. The summed E-state index contributed by atoms with van der Waals surface area (Å²) in [6.07, 6.45) is 1.86. The number of aromatic nitrogens is 2. The van der Waals surface area contributed by atoms with E-state index in [4.69, 9.17) is 5.73 Å². The van der Waals surface area contributed by atoms with Crippen molar-refractivity contribution in [2.75, 3.05) is 11.1 Å². The molecule has 0 atom stereocenters. The Bertz CT molecular complexity index is 1260. The molecule has 1 aromatic carbocycles. The van der Waals surface area contributed by atoms with Crippen LogP contribution in [-0.4, -0.2) is 20.8 Å². The number of nitrogens with zero attached hydrogens (tertiary/aromatic N) is 3. The van der Waals surface area contributed by atoms with Crippen molar-refractivity contribution < 1.29 is 9.72 Å². The van der Waals surface area contributed by atoms with Crippen LogP contribution in [0.3, 0.4) is 0 Å². The largest absolute Gasteiger partial charge is 0.397 e. The second kappa shape index (κ2) is 8.17. The first-order valence-corrected chi connectivity index (χ1v) is 10.9. The number of anilines is 2. The first kappa shape index (κ1) is 19.9. The summed E-state index contributed by atoms with van der Waals surface area (Å²) in [4.78, 5) is 33.4. The van der Waals surface area contributed by atoms with Crippen LogP contribution in [0.2, 0.25) is 0 Å². The molecule has 0 bridgehead atoms. The van der Waals surface area contributed by atoms with E-state index in [0.29, 0.717) is 27.0 Å². The fourth-order valence-electron chi connectivity index (χ4n) is 3.00. The van der Waals surface area contributed by atoms with Gasteiger partial charge in [-0.25, -0.2) is 9.97 Å². The maximum Gasteiger partial charge on any atom is 0.270 e. The molecule has 10 heteroatoms. The Labute approximate surface area is 179 Å². The van der Waals surface area contributed by atoms with Gasteiger partial charge in [-0.15, -0.1) is 22.7 Å². The lowest BCUT2D eigenvalue weighted by atomic mass is 10.1. The lowest BCUT2D eigenvalue weighted by Gasteiger charge is -2.00. The van der Waals surface area contributed by atoms with Gasteiger partial charge in [0.1, 0.15) is 9.71 Å². The molecule has 30 heavy (non-hydrogen) atoms. The Balaban J connectivity index is 1.57. The van der Waals surface area contributed by atoms with Crippen LogP contribution in [0, 0.1) is 10.1 Å². The van der Waals surface area contributed by atoms with Crippen LogP contribution in [0.5, 0.6) is 0 Å². The molecule has 0 fully saturated rings. The monoisotopic (exact) mass is 439 g/mol. The second-order valence-electron chi connectivity index (χ2n) is 6.55. The van der Waals surface area contributed by atoms with Crippen molar-refractivity contribution in [2.45, 2.75) is 19.8 Å². The number of fused-ring (bicyclic) bond motifs is 1. The molecule has 0 spiro atoms. The topological polar surface area (TPSA) is 124 Å². The summed E-state index contributed by atoms with van der Waals surface area (Å²) in [6.45, 7) is 2.09. The highest BCUT2D eigenvalue weighted by Crippen LogP contribution is 2.34. The van der Waals surface area contributed by atoms with Gasteiger partial charge in [-0.3, -0.25) is 20.2 Å². The van der Waals surface area contributed by atoms with Crippen molar-refractivity contribution in [1.82, 2.24) is 9.97 Å². The Morgan fingerprint density at radius 2 is 2.10 bits per heavy atom. The van der Waals surface area contributed by atoms with E-state index < -0.39 is 4.92 Å². The van der Waals surface area contributed by atoms with Gasteiger partial charge in [0.25, 0.3) is 11.6 Å². The average Bonchev–Trinajstić information content (AvgIpc) is 3.33. The second-order valence-corrected chi connectivity index (χ2v) is 8.41. The molecule has 3 aromatic heterocycles. The first-order valence-electron chi connectivity index (χ1n) is 9.16. The van der Waals surface area contributed by atoms with E-state index in [0.717, 1.165) is 28.8 Å². The Kier molecular flexibility index (Phi) is 5.42. The minimum absolute atomic E-state index is 0.0147. The third-order valence-electron chi connectivity index (χ3n) is 4.44. The standard InChI is InChI=1S/C20H17N5O3S2/c1-2-4-12-7-8-14-16(21)17(30-19(14)22-12)18(26)24-20-23-15(10-29-20)11-5-3-6-13(9-11)25(27)28/h3,5-10H,2,4,21H2,1H3,(H,23,24,26). The van der Waals surface area contributed by atoms with E-state index in [2.05, 4.69) is 22.2 Å². The summed E-state index contributed by atoms with van der Waals surface area (Å²) in [5.41, 5.74) is 8.70. The van der Waals surface area contributed by atoms with E-state index in [9.17, 15) is 14.9 Å². The van der Waals surface area contributed by atoms with Gasteiger partial charge >= 0.3 is 0 Å². The van der Waals surface area contributed by atoms with E-state index in [1.165, 1.54) is 34.8 Å². The quantitative estimate of drug-likeness (QED) is 0.317. The molecular formula is C20H17N5O3S2. The summed E-state index contributed by atoms with van der Waals surface area (Å²) in [5.74, 6) is -0.354. The van der Waals surface area contributed by atoms with Crippen LogP contribution < -0.4 is 11.1 Å². The first-order chi connectivity index (χ1) is 14.5. The van der Waals surface area contributed by atoms with Crippen LogP contribution >= 0.6 is 22.7 Å². The van der Waals surface area contributed by atoms with Crippen LogP contribution in [0.1, 0.15) is 28.7 Å². The number of thiazole rings is 1. The molecule has 3 heterocycles. The molecular weight excluding hydrogens is 422 g/mol. The number of carbonyl (C=O) groups excluding carboxylic acids is 1. The van der Waals surface area contributed by atoms with Gasteiger partial charge in [0.05, 0.1) is 16.3 Å². The molecule has 0 saturated heterocycles. The van der Waals surface area contributed by atoms with Gasteiger partial charge in [-0.1, -0.05) is 25.5 Å². The number of thiophene rings is 1. The number of amides is 1. The highest BCUT2D eigenvalue weighted by molar-refractivity contribution is 7.21. The Morgan fingerprint density at radius 1 is 1.27 bits per heavy atom. The number of nitrogens with two attached hydrogens (primary N) is 1. The summed E-state index contributed by atoms with van der Waals surface area (Å²) in [7, 11) is 0. The van der Waals surface area contributed by atoms with Crippen molar-refractivity contribution >= 4 is 55.3 Å². The van der Waals surface area contributed by atoms with Gasteiger partial charge < -0.3 is 5.73 Å². The van der Waals surface area contributed by atoms with Crippen molar-refractivity contribution in [3.63, 3.8) is 0 Å². The molecule has 0 radical (unpaired) electrons. The zero-order chi connectivity index (χ0) is 21.3. The molecule has 0 aliphatic heterocycles. The van der Waals surface area contributed by atoms with Crippen LogP contribution in [0.4, 0.5) is 16.5 Å². The minimum Gasteiger partial charge on any atom is -0.397 e. The lowest BCUT2D eigenvalue weighted by molar-refractivity contribution is -0.384. The molecule has 0 aliphatic rings. The smallest absolute Gasteiger partial charge is 0.270 e. The number of nitrogens with one attached hydrogen (secondary N) is 1. The van der Waals surface area contributed by atoms with Crippen molar-refractivity contribution in [3.8, 4) is 11.3 Å². The maximum absolute atomic E-state index is 12.8. The molecule has 8 nitrogen and oxygen atoms in total. The zero-order valence-electron chi connectivity index (χ0n) is 15.9. The summed E-state index contributed by atoms with van der Waals surface area (Å²) >= 11 is 2.49. The molecule has 0 unspecified atom stereocenters. The SMILES string of the molecule is CCCc1ccc2c(N)c(C(=O)Nc3nc(-c4cccc([N+](=O)[O-])c4)cs3)sc2n1. The van der Waals surface area contributed by atoms with Gasteiger partial charge in [-0.2, -0.15) is 0 Å². The average molecular weight is 440 g/mol. The predicted molar refractivity (Wildman–Crippen MR) is 120 cm³/mol. The molecule has 0 aliphatic carbocycles. The zero-order valence-corrected chi connectivity index (χ0v) is 17.5. The van der Waals surface area contributed by atoms with Crippen LogP contribution in [-0.2, 0) is 6.42 Å². The number of hydrogen-bond acceptors (Lipinski definition) is 8. The Morgan fingerprint density at radius 3 is 2.87 bits per heavy atom. The lowest BCUT2D eigenvalue weighted by Crippen LogP contribution is -2.11. The van der Waals surface area contributed by atoms with Gasteiger partial charge in [-0.05, 0) is 18.6 Å². The van der Waals surface area contributed by atoms with Crippen molar-refractivity contribution in [3.05, 3.63) is 62.5 Å². The number of pyridine rings is 1. The number of carbonyl (C=O) groups is 1. The van der Waals surface area contributed by atoms with Gasteiger partial charge in [0.15, 0.2) is 5.13 Å². The fraction of sp³-hybridized carbons (Fsp3) is 0.150. The summed E-state index contributed by atoms with van der Waals surface area (Å²) in [5, 5.41) is 16.6. The van der Waals surface area contributed by atoms with E-state index in [1.807, 2.05) is 12.1 Å². The third-order valence-corrected chi connectivity index (χ3v) is 6.31. The number of nitrogen functional groups attached to an aromatic ring is 1. The number of hydrogen-bond donors (Lipinski definition) is 2.